The molecule has 6 heteroatoms. The molecule has 0 fully saturated rings. The molecule has 6 nitrogen and oxygen atoms in total. The van der Waals surface area contributed by atoms with Crippen LogP contribution in [-0.4, -0.2) is 18.0 Å². The van der Waals surface area contributed by atoms with Gasteiger partial charge in [-0.25, -0.2) is 0 Å². The number of nitrogens with zero attached hydrogens (tertiary/aromatic N) is 2. The fourth-order valence-corrected chi connectivity index (χ4v) is 1.10. The Morgan fingerprint density at radius 1 is 1.40 bits per heavy atom. The van der Waals surface area contributed by atoms with E-state index in [2.05, 4.69) is 10.6 Å². The third-order valence-electron chi connectivity index (χ3n) is 1.75. The lowest BCUT2D eigenvalue weighted by Gasteiger charge is -2.05. The van der Waals surface area contributed by atoms with Gasteiger partial charge in [-0.05, 0) is 6.07 Å². The number of nitrogens with one attached hydrogen (secondary N) is 2. The molecule has 0 amide bonds. The van der Waals surface area contributed by atoms with Crippen molar-refractivity contribution in [3.63, 3.8) is 0 Å². The molecule has 0 aliphatic carbocycles. The van der Waals surface area contributed by atoms with Crippen LogP contribution in [-0.2, 0) is 0 Å². The number of nitriles is 1. The summed E-state index contributed by atoms with van der Waals surface area (Å²) in [5, 5.41) is 24.1. The van der Waals surface area contributed by atoms with E-state index < -0.39 is 4.92 Å². The lowest BCUT2D eigenvalue weighted by Crippen LogP contribution is -2.17. The summed E-state index contributed by atoms with van der Waals surface area (Å²) in [6.07, 6.45) is 1.77. The van der Waals surface area contributed by atoms with Crippen molar-refractivity contribution in [1.29, 1.82) is 5.26 Å². The van der Waals surface area contributed by atoms with E-state index in [1.165, 1.54) is 6.07 Å². The highest BCUT2D eigenvalue weighted by molar-refractivity contribution is 5.60. The molecule has 1 aromatic rings. The predicted molar refractivity (Wildman–Crippen MR) is 55.2 cm³/mol. The van der Waals surface area contributed by atoms with Gasteiger partial charge in [0.2, 0.25) is 0 Å². The number of nitro groups is 1. The largest absolute Gasteiger partial charge is 0.378 e. The molecule has 1 rings (SSSR count). The Kier molecular flexibility index (Phi) is 3.91. The number of nitro benzene ring substituents is 1. The predicted octanol–water partition coefficient (Wildman–Crippen LogP) is 1.08. The Morgan fingerprint density at radius 2 is 2.13 bits per heavy atom. The summed E-state index contributed by atoms with van der Waals surface area (Å²) in [5.74, 6) is 0. The van der Waals surface area contributed by atoms with Crippen LogP contribution in [0.25, 0.3) is 0 Å². The van der Waals surface area contributed by atoms with Crippen LogP contribution in [0.1, 0.15) is 0 Å². The zero-order valence-corrected chi connectivity index (χ0v) is 7.93. The quantitative estimate of drug-likeness (QED) is 0.247. The number of benzene rings is 1. The maximum absolute atomic E-state index is 10.6. The summed E-state index contributed by atoms with van der Waals surface area (Å²) < 4.78 is 0. The maximum atomic E-state index is 10.6. The molecule has 0 aliphatic heterocycles. The van der Waals surface area contributed by atoms with Crippen molar-refractivity contribution in [1.82, 2.24) is 5.32 Å². The highest BCUT2D eigenvalue weighted by Crippen LogP contribution is 2.22. The Hall–Kier alpha value is -2.29. The molecular formula is C9H10N4O2. The first-order valence-corrected chi connectivity index (χ1v) is 4.35. The van der Waals surface area contributed by atoms with Crippen LogP contribution >= 0.6 is 0 Å². The summed E-state index contributed by atoms with van der Waals surface area (Å²) in [6, 6.07) is 6.38. The van der Waals surface area contributed by atoms with E-state index in [4.69, 9.17) is 5.26 Å². The zero-order valence-electron chi connectivity index (χ0n) is 7.93. The molecule has 0 saturated heterocycles. The molecule has 78 valence electrons. The molecule has 2 N–H and O–H groups in total. The molecule has 1 aromatic carbocycles. The Balaban J connectivity index is 2.60. The minimum absolute atomic E-state index is 0.0365. The van der Waals surface area contributed by atoms with Crippen molar-refractivity contribution >= 4 is 11.4 Å². The lowest BCUT2D eigenvalue weighted by atomic mass is 10.2. The standard InChI is InChI=1S/C9H10N4O2/c10-7-11-5-6-12-8-3-1-2-4-9(8)13(14)15/h1-4,11-12H,5-6H2. The van der Waals surface area contributed by atoms with Gasteiger partial charge in [-0.2, -0.15) is 5.26 Å². The average molecular weight is 206 g/mol. The fourth-order valence-electron chi connectivity index (χ4n) is 1.10. The van der Waals surface area contributed by atoms with E-state index in [-0.39, 0.29) is 5.69 Å². The second-order valence-electron chi connectivity index (χ2n) is 2.74. The number of anilines is 1. The number of hydrogen-bond acceptors (Lipinski definition) is 5. The van der Waals surface area contributed by atoms with E-state index in [0.717, 1.165) is 0 Å². The number of hydrogen-bond donors (Lipinski definition) is 2. The van der Waals surface area contributed by atoms with Crippen molar-refractivity contribution in [3.05, 3.63) is 34.4 Å². The van der Waals surface area contributed by atoms with Crippen LogP contribution in [0, 0.1) is 21.6 Å². The van der Waals surface area contributed by atoms with Crippen LogP contribution in [0.3, 0.4) is 0 Å². The molecule has 0 atom stereocenters. The number of rotatable bonds is 5. The van der Waals surface area contributed by atoms with Gasteiger partial charge in [0, 0.05) is 19.2 Å². The monoisotopic (exact) mass is 206 g/mol. The SMILES string of the molecule is N#CNCCNc1ccccc1[N+](=O)[O-]. The molecular weight excluding hydrogens is 196 g/mol. The van der Waals surface area contributed by atoms with Crippen LogP contribution in [0.15, 0.2) is 24.3 Å². The second-order valence-corrected chi connectivity index (χ2v) is 2.74. The molecule has 15 heavy (non-hydrogen) atoms. The Labute approximate surface area is 86.7 Å². The van der Waals surface area contributed by atoms with Crippen LogP contribution in [0.2, 0.25) is 0 Å². The molecule has 0 aliphatic rings. The smallest absolute Gasteiger partial charge is 0.292 e. The van der Waals surface area contributed by atoms with Gasteiger partial charge in [0.25, 0.3) is 5.69 Å². The van der Waals surface area contributed by atoms with Gasteiger partial charge in [-0.15, -0.1) is 0 Å². The molecule has 0 bridgehead atoms. The highest BCUT2D eigenvalue weighted by atomic mass is 16.6. The highest BCUT2D eigenvalue weighted by Gasteiger charge is 2.10. The van der Waals surface area contributed by atoms with Gasteiger partial charge < -0.3 is 10.6 Å². The Morgan fingerprint density at radius 3 is 2.80 bits per heavy atom. The molecule has 0 heterocycles. The fraction of sp³-hybridized carbons (Fsp3) is 0.222. The first-order chi connectivity index (χ1) is 7.25. The second kappa shape index (κ2) is 5.44. The van der Waals surface area contributed by atoms with E-state index in [1.807, 2.05) is 0 Å². The molecule has 0 unspecified atom stereocenters. The van der Waals surface area contributed by atoms with Crippen molar-refractivity contribution in [2.75, 3.05) is 18.4 Å². The van der Waals surface area contributed by atoms with Gasteiger partial charge in [0.1, 0.15) is 5.69 Å². The van der Waals surface area contributed by atoms with Gasteiger partial charge in [0.05, 0.1) is 4.92 Å². The molecule has 0 aromatic heterocycles. The minimum atomic E-state index is -0.444. The van der Waals surface area contributed by atoms with Gasteiger partial charge in [-0.1, -0.05) is 12.1 Å². The van der Waals surface area contributed by atoms with Crippen LogP contribution < -0.4 is 10.6 Å². The average Bonchev–Trinajstić information content (AvgIpc) is 2.25. The number of para-hydroxylation sites is 2. The minimum Gasteiger partial charge on any atom is -0.378 e. The third kappa shape index (κ3) is 3.15. The normalized spacial score (nSPS) is 9.00. The first-order valence-electron chi connectivity index (χ1n) is 4.35. The third-order valence-corrected chi connectivity index (χ3v) is 1.75. The van der Waals surface area contributed by atoms with Crippen LogP contribution in [0.4, 0.5) is 11.4 Å². The summed E-state index contributed by atoms with van der Waals surface area (Å²) in [6.45, 7) is 0.890. The first kappa shape index (κ1) is 10.8. The van der Waals surface area contributed by atoms with E-state index in [9.17, 15) is 10.1 Å². The van der Waals surface area contributed by atoms with E-state index in [0.29, 0.717) is 18.8 Å². The van der Waals surface area contributed by atoms with E-state index >= 15 is 0 Å². The van der Waals surface area contributed by atoms with Crippen molar-refractivity contribution in [2.24, 2.45) is 0 Å². The summed E-state index contributed by atoms with van der Waals surface area (Å²) >= 11 is 0. The van der Waals surface area contributed by atoms with E-state index in [1.54, 1.807) is 24.4 Å². The molecule has 0 radical (unpaired) electrons. The van der Waals surface area contributed by atoms with Crippen molar-refractivity contribution < 1.29 is 4.92 Å². The maximum Gasteiger partial charge on any atom is 0.292 e. The zero-order chi connectivity index (χ0) is 11.1. The van der Waals surface area contributed by atoms with Crippen molar-refractivity contribution in [3.8, 4) is 6.19 Å². The summed E-state index contributed by atoms with van der Waals surface area (Å²) in [7, 11) is 0. The van der Waals surface area contributed by atoms with Crippen molar-refractivity contribution in [2.45, 2.75) is 0 Å². The summed E-state index contributed by atoms with van der Waals surface area (Å²) in [4.78, 5) is 10.2. The summed E-state index contributed by atoms with van der Waals surface area (Å²) in [5.41, 5.74) is 0.497. The topological polar surface area (TPSA) is 91.0 Å². The van der Waals surface area contributed by atoms with Gasteiger partial charge >= 0.3 is 0 Å². The lowest BCUT2D eigenvalue weighted by molar-refractivity contribution is -0.384. The Bertz CT molecular complexity index is 386. The van der Waals surface area contributed by atoms with Gasteiger partial charge in [0.15, 0.2) is 6.19 Å². The molecule has 0 spiro atoms. The molecule has 0 saturated carbocycles. The van der Waals surface area contributed by atoms with Crippen LogP contribution in [0.5, 0.6) is 0 Å². The van der Waals surface area contributed by atoms with Gasteiger partial charge in [-0.3, -0.25) is 10.1 Å².